The molecule has 1 rings (SSSR count). The Morgan fingerprint density at radius 1 is 1.71 bits per heavy atom. The minimum atomic E-state index is -1.26. The molecule has 0 aromatic carbocycles. The van der Waals surface area contributed by atoms with Crippen LogP contribution in [0.3, 0.4) is 0 Å². The van der Waals surface area contributed by atoms with Gasteiger partial charge in [-0.3, -0.25) is 4.79 Å². The van der Waals surface area contributed by atoms with Gasteiger partial charge in [-0.15, -0.1) is 0 Å². The fraction of sp³-hybridized carbons (Fsp3) is 0.636. The zero-order valence-corrected chi connectivity index (χ0v) is 8.42. The summed E-state index contributed by atoms with van der Waals surface area (Å²) < 4.78 is 0. The van der Waals surface area contributed by atoms with Gasteiger partial charge in [-0.05, 0) is 37.7 Å². The van der Waals surface area contributed by atoms with Crippen molar-refractivity contribution in [1.82, 2.24) is 0 Å². The van der Waals surface area contributed by atoms with Crippen molar-refractivity contribution in [3.63, 3.8) is 0 Å². The maximum atomic E-state index is 11.1. The first-order chi connectivity index (χ1) is 6.67. The summed E-state index contributed by atoms with van der Waals surface area (Å²) in [5.74, 6) is -1.00. The molecule has 3 heteroatoms. The van der Waals surface area contributed by atoms with E-state index in [4.69, 9.17) is 10.4 Å². The van der Waals surface area contributed by atoms with E-state index in [-0.39, 0.29) is 0 Å². The molecule has 0 bridgehead atoms. The topological polar surface area (TPSA) is 61.1 Å². The normalized spacial score (nSPS) is 20.4. The first-order valence-corrected chi connectivity index (χ1v) is 5.01. The summed E-state index contributed by atoms with van der Waals surface area (Å²) in [4.78, 5) is 11.1. The van der Waals surface area contributed by atoms with Crippen LogP contribution in [0.2, 0.25) is 0 Å². The van der Waals surface area contributed by atoms with Gasteiger partial charge >= 0.3 is 5.97 Å². The lowest BCUT2D eigenvalue weighted by Crippen LogP contribution is -2.31. The molecule has 0 saturated carbocycles. The van der Waals surface area contributed by atoms with Crippen LogP contribution in [-0.2, 0) is 4.79 Å². The minimum absolute atomic E-state index is 0.352. The molecular weight excluding hydrogens is 178 g/mol. The molecule has 1 atom stereocenters. The molecule has 0 radical (unpaired) electrons. The summed E-state index contributed by atoms with van der Waals surface area (Å²) in [5, 5.41) is 18.1. The van der Waals surface area contributed by atoms with Crippen LogP contribution in [-0.4, -0.2) is 11.1 Å². The first-order valence-electron chi connectivity index (χ1n) is 5.01. The highest BCUT2D eigenvalue weighted by atomic mass is 16.4. The lowest BCUT2D eigenvalue weighted by atomic mass is 9.75. The second kappa shape index (κ2) is 4.28. The first kappa shape index (κ1) is 10.8. The van der Waals surface area contributed by atoms with Gasteiger partial charge in [0.25, 0.3) is 0 Å². The Morgan fingerprint density at radius 2 is 2.43 bits per heavy atom. The lowest BCUT2D eigenvalue weighted by molar-refractivity contribution is -0.144. The van der Waals surface area contributed by atoms with Crippen molar-refractivity contribution >= 4 is 5.97 Å². The van der Waals surface area contributed by atoms with Crippen LogP contribution in [0.5, 0.6) is 0 Å². The molecule has 0 fully saturated rings. The maximum absolute atomic E-state index is 11.1. The number of hydrogen-bond donors (Lipinski definition) is 1. The summed E-state index contributed by atoms with van der Waals surface area (Å²) in [5.41, 5.74) is -0.457. The Balaban J connectivity index is 3.04. The quantitative estimate of drug-likeness (QED) is 0.700. The Bertz CT molecular complexity index is 301. The monoisotopic (exact) mass is 193 g/mol. The van der Waals surface area contributed by atoms with Gasteiger partial charge in [0.2, 0.25) is 0 Å². The molecule has 0 heterocycles. The van der Waals surface area contributed by atoms with E-state index in [1.807, 2.05) is 12.1 Å². The van der Waals surface area contributed by atoms with Crippen LogP contribution >= 0.6 is 0 Å². The molecule has 1 aliphatic carbocycles. The van der Waals surface area contributed by atoms with Crippen molar-refractivity contribution in [2.45, 2.75) is 39.0 Å². The molecule has 0 aliphatic heterocycles. The Hall–Kier alpha value is -1.30. The van der Waals surface area contributed by atoms with E-state index in [9.17, 15) is 4.79 Å². The Morgan fingerprint density at radius 3 is 2.79 bits per heavy atom. The standard InChI is InChI=1S/C11H15NO2/c1-2-11(8-12,10(13)14)9-6-4-3-5-7-9/h6H,2-5,7H2,1H3,(H,13,14). The second-order valence-corrected chi connectivity index (χ2v) is 3.65. The summed E-state index contributed by atoms with van der Waals surface area (Å²) in [6.45, 7) is 1.76. The summed E-state index contributed by atoms with van der Waals surface area (Å²) in [6.07, 6.45) is 6.06. The number of carboxylic acid groups (broad SMARTS) is 1. The van der Waals surface area contributed by atoms with E-state index >= 15 is 0 Å². The number of carbonyl (C=O) groups is 1. The molecule has 1 unspecified atom stereocenters. The lowest BCUT2D eigenvalue weighted by Gasteiger charge is -2.26. The van der Waals surface area contributed by atoms with Crippen molar-refractivity contribution in [3.8, 4) is 6.07 Å². The van der Waals surface area contributed by atoms with Crippen molar-refractivity contribution in [3.05, 3.63) is 11.6 Å². The van der Waals surface area contributed by atoms with Crippen LogP contribution in [0.25, 0.3) is 0 Å². The zero-order valence-electron chi connectivity index (χ0n) is 8.42. The van der Waals surface area contributed by atoms with Gasteiger partial charge in [0.1, 0.15) is 0 Å². The van der Waals surface area contributed by atoms with Gasteiger partial charge < -0.3 is 5.11 Å². The largest absolute Gasteiger partial charge is 0.480 e. The molecule has 0 aromatic heterocycles. The van der Waals surface area contributed by atoms with Crippen molar-refractivity contribution in [2.24, 2.45) is 5.41 Å². The third-order valence-electron chi connectivity index (χ3n) is 2.93. The molecule has 76 valence electrons. The van der Waals surface area contributed by atoms with Gasteiger partial charge in [0.05, 0.1) is 6.07 Å². The fourth-order valence-electron chi connectivity index (χ4n) is 1.94. The second-order valence-electron chi connectivity index (χ2n) is 3.65. The molecule has 14 heavy (non-hydrogen) atoms. The molecule has 3 nitrogen and oxygen atoms in total. The van der Waals surface area contributed by atoms with Crippen LogP contribution in [0.1, 0.15) is 39.0 Å². The molecule has 0 saturated heterocycles. The minimum Gasteiger partial charge on any atom is -0.480 e. The van der Waals surface area contributed by atoms with E-state index in [0.717, 1.165) is 31.3 Å². The van der Waals surface area contributed by atoms with E-state index in [0.29, 0.717) is 6.42 Å². The van der Waals surface area contributed by atoms with Gasteiger partial charge in [-0.1, -0.05) is 13.0 Å². The third-order valence-corrected chi connectivity index (χ3v) is 2.93. The van der Waals surface area contributed by atoms with Gasteiger partial charge in [0, 0.05) is 0 Å². The number of nitrogens with zero attached hydrogens (tertiary/aromatic N) is 1. The number of aliphatic carboxylic acids is 1. The number of allylic oxidation sites excluding steroid dienone is 1. The predicted molar refractivity (Wildman–Crippen MR) is 52.5 cm³/mol. The molecule has 0 aromatic rings. The zero-order chi connectivity index (χ0) is 10.6. The molecule has 1 aliphatic rings. The number of rotatable bonds is 3. The SMILES string of the molecule is CCC(C#N)(C(=O)O)C1=CCCCC1. The Kier molecular flexibility index (Phi) is 3.29. The highest BCUT2D eigenvalue weighted by molar-refractivity contribution is 5.82. The molecule has 0 amide bonds. The Labute approximate surface area is 84.0 Å². The predicted octanol–water partition coefficient (Wildman–Crippen LogP) is 2.49. The number of hydrogen-bond acceptors (Lipinski definition) is 2. The smallest absolute Gasteiger partial charge is 0.328 e. The van der Waals surface area contributed by atoms with E-state index in [2.05, 4.69) is 0 Å². The molecule has 0 spiro atoms. The van der Waals surface area contributed by atoms with Crippen molar-refractivity contribution in [1.29, 1.82) is 5.26 Å². The summed E-state index contributed by atoms with van der Waals surface area (Å²) in [6, 6.07) is 1.97. The third kappa shape index (κ3) is 1.65. The van der Waals surface area contributed by atoms with Crippen LogP contribution < -0.4 is 0 Å². The summed E-state index contributed by atoms with van der Waals surface area (Å²) in [7, 11) is 0. The maximum Gasteiger partial charge on any atom is 0.328 e. The van der Waals surface area contributed by atoms with Gasteiger partial charge in [-0.25, -0.2) is 0 Å². The highest BCUT2D eigenvalue weighted by Crippen LogP contribution is 2.37. The van der Waals surface area contributed by atoms with E-state index in [1.165, 1.54) is 0 Å². The highest BCUT2D eigenvalue weighted by Gasteiger charge is 2.40. The number of carboxylic acids is 1. The van der Waals surface area contributed by atoms with Gasteiger partial charge in [0.15, 0.2) is 5.41 Å². The average molecular weight is 193 g/mol. The van der Waals surface area contributed by atoms with Gasteiger partial charge in [-0.2, -0.15) is 5.26 Å². The molecular formula is C11H15NO2. The number of nitriles is 1. The van der Waals surface area contributed by atoms with Crippen LogP contribution in [0.4, 0.5) is 0 Å². The van der Waals surface area contributed by atoms with Crippen LogP contribution in [0, 0.1) is 16.7 Å². The fourth-order valence-corrected chi connectivity index (χ4v) is 1.94. The van der Waals surface area contributed by atoms with E-state index in [1.54, 1.807) is 6.92 Å². The average Bonchev–Trinajstić information content (AvgIpc) is 2.22. The summed E-state index contributed by atoms with van der Waals surface area (Å²) >= 11 is 0. The molecule has 1 N–H and O–H groups in total. The van der Waals surface area contributed by atoms with Crippen molar-refractivity contribution in [2.75, 3.05) is 0 Å². The van der Waals surface area contributed by atoms with E-state index < -0.39 is 11.4 Å². The van der Waals surface area contributed by atoms with Crippen LogP contribution in [0.15, 0.2) is 11.6 Å². The van der Waals surface area contributed by atoms with Crippen molar-refractivity contribution < 1.29 is 9.90 Å².